The van der Waals surface area contributed by atoms with Crippen LogP contribution in [0.25, 0.3) is 5.65 Å². The van der Waals surface area contributed by atoms with Crippen molar-refractivity contribution >= 4 is 22.9 Å². The number of methoxy groups -OCH3 is 1. The molecule has 0 saturated carbocycles. The Morgan fingerprint density at radius 3 is 3.00 bits per heavy atom. The number of nitrogens with zero attached hydrogens (tertiary/aromatic N) is 4. The number of rotatable bonds is 6. The molecule has 0 aromatic carbocycles. The van der Waals surface area contributed by atoms with Gasteiger partial charge in [-0.2, -0.15) is 0 Å². The zero-order valence-electron chi connectivity index (χ0n) is 13.5. The number of aromatic nitrogens is 3. The predicted molar refractivity (Wildman–Crippen MR) is 91.9 cm³/mol. The van der Waals surface area contributed by atoms with Gasteiger partial charge in [-0.3, -0.25) is 14.0 Å². The molecule has 9 heteroatoms. The van der Waals surface area contributed by atoms with Gasteiger partial charge in [0.2, 0.25) is 0 Å². The van der Waals surface area contributed by atoms with Gasteiger partial charge >= 0.3 is 0 Å². The maximum Gasteiger partial charge on any atom is 0.270 e. The van der Waals surface area contributed by atoms with E-state index in [-0.39, 0.29) is 23.5 Å². The minimum Gasteiger partial charge on any atom is -0.504 e. The maximum absolute atomic E-state index is 12.9. The van der Waals surface area contributed by atoms with E-state index in [1.54, 1.807) is 13.3 Å². The standard InChI is InChI=1S/C16H16N4O4S/c1-24-7-6-19(10-13-17-4-8-25-13)15(22)11-9-18-14-12(21)3-2-5-20(14)16(11)23/h2-5,8-9,21H,6-7,10H2,1H3. The molecule has 0 unspecified atom stereocenters. The monoisotopic (exact) mass is 360 g/mol. The summed E-state index contributed by atoms with van der Waals surface area (Å²) in [6.45, 7) is 0.930. The summed E-state index contributed by atoms with van der Waals surface area (Å²) in [5, 5.41) is 12.4. The highest BCUT2D eigenvalue weighted by atomic mass is 32.1. The van der Waals surface area contributed by atoms with E-state index < -0.39 is 11.5 Å². The van der Waals surface area contributed by atoms with E-state index in [9.17, 15) is 14.7 Å². The van der Waals surface area contributed by atoms with E-state index in [0.717, 1.165) is 9.41 Å². The quantitative estimate of drug-likeness (QED) is 0.708. The van der Waals surface area contributed by atoms with Gasteiger partial charge in [-0.1, -0.05) is 0 Å². The zero-order valence-corrected chi connectivity index (χ0v) is 14.3. The third-order valence-corrected chi connectivity index (χ3v) is 4.37. The van der Waals surface area contributed by atoms with Crippen molar-refractivity contribution in [3.63, 3.8) is 0 Å². The van der Waals surface area contributed by atoms with Gasteiger partial charge in [-0.25, -0.2) is 9.97 Å². The molecular weight excluding hydrogens is 344 g/mol. The van der Waals surface area contributed by atoms with Gasteiger partial charge in [0.05, 0.1) is 13.2 Å². The van der Waals surface area contributed by atoms with E-state index in [1.807, 2.05) is 5.38 Å². The molecule has 3 aromatic rings. The zero-order chi connectivity index (χ0) is 17.8. The normalized spacial score (nSPS) is 10.9. The number of amides is 1. The summed E-state index contributed by atoms with van der Waals surface area (Å²) in [7, 11) is 1.54. The molecule has 3 heterocycles. The highest BCUT2D eigenvalue weighted by molar-refractivity contribution is 7.09. The van der Waals surface area contributed by atoms with Crippen LogP contribution in [0.15, 0.2) is 40.9 Å². The number of carbonyl (C=O) groups is 1. The van der Waals surface area contributed by atoms with Gasteiger partial charge in [0, 0.05) is 37.6 Å². The van der Waals surface area contributed by atoms with E-state index in [2.05, 4.69) is 9.97 Å². The number of thiazole rings is 1. The molecule has 1 amide bonds. The first-order valence-corrected chi connectivity index (χ1v) is 8.35. The average Bonchev–Trinajstić information content (AvgIpc) is 3.12. The molecule has 25 heavy (non-hydrogen) atoms. The number of pyridine rings is 1. The second kappa shape index (κ2) is 7.41. The lowest BCUT2D eigenvalue weighted by molar-refractivity contribution is 0.0678. The average molecular weight is 360 g/mol. The number of ether oxygens (including phenoxy) is 1. The summed E-state index contributed by atoms with van der Waals surface area (Å²) in [5.74, 6) is -0.583. The third-order valence-electron chi connectivity index (χ3n) is 3.60. The number of fused-ring (bicyclic) bond motifs is 1. The van der Waals surface area contributed by atoms with Crippen molar-refractivity contribution in [3.05, 3.63) is 57.0 Å². The van der Waals surface area contributed by atoms with Crippen LogP contribution in [0, 0.1) is 0 Å². The first kappa shape index (κ1) is 17.1. The topological polar surface area (TPSA) is 97.0 Å². The fraction of sp³-hybridized carbons (Fsp3) is 0.250. The van der Waals surface area contributed by atoms with Crippen LogP contribution < -0.4 is 5.56 Å². The fourth-order valence-electron chi connectivity index (χ4n) is 2.36. The minimum atomic E-state index is -0.535. The number of hydrogen-bond acceptors (Lipinski definition) is 7. The highest BCUT2D eigenvalue weighted by Gasteiger charge is 2.21. The molecule has 3 aromatic heterocycles. The summed E-state index contributed by atoms with van der Waals surface area (Å²) in [4.78, 5) is 35.2. The first-order valence-electron chi connectivity index (χ1n) is 7.47. The Kier molecular flexibility index (Phi) is 5.05. The fourth-order valence-corrected chi connectivity index (χ4v) is 2.99. The molecular formula is C16H16N4O4S. The lowest BCUT2D eigenvalue weighted by Crippen LogP contribution is -2.37. The molecule has 8 nitrogen and oxygen atoms in total. The van der Waals surface area contributed by atoms with E-state index in [0.29, 0.717) is 13.2 Å². The largest absolute Gasteiger partial charge is 0.504 e. The second-order valence-corrected chi connectivity index (χ2v) is 6.19. The molecule has 0 aliphatic rings. The Morgan fingerprint density at radius 2 is 2.28 bits per heavy atom. The van der Waals surface area contributed by atoms with Crippen molar-refractivity contribution in [2.75, 3.05) is 20.3 Å². The molecule has 0 radical (unpaired) electrons. The van der Waals surface area contributed by atoms with Crippen LogP contribution in [-0.2, 0) is 11.3 Å². The molecule has 0 bridgehead atoms. The summed E-state index contributed by atoms with van der Waals surface area (Å²) < 4.78 is 6.20. The van der Waals surface area contributed by atoms with Gasteiger partial charge in [-0.15, -0.1) is 11.3 Å². The molecule has 0 saturated heterocycles. The Bertz CT molecular complexity index is 939. The van der Waals surface area contributed by atoms with Gasteiger partial charge in [0.25, 0.3) is 11.5 Å². The lowest BCUT2D eigenvalue weighted by Gasteiger charge is -2.21. The SMILES string of the molecule is COCCN(Cc1nccs1)C(=O)c1cnc2c(O)cccn2c1=O. The molecule has 1 N–H and O–H groups in total. The van der Waals surface area contributed by atoms with Crippen molar-refractivity contribution in [1.82, 2.24) is 19.3 Å². The summed E-state index contributed by atoms with van der Waals surface area (Å²) in [6.07, 6.45) is 4.32. The Balaban J connectivity index is 1.97. The third kappa shape index (κ3) is 3.52. The minimum absolute atomic E-state index is 0.0734. The van der Waals surface area contributed by atoms with E-state index in [1.165, 1.54) is 40.8 Å². The van der Waals surface area contributed by atoms with Crippen LogP contribution in [-0.4, -0.2) is 50.5 Å². The van der Waals surface area contributed by atoms with Crippen molar-refractivity contribution in [1.29, 1.82) is 0 Å². The maximum atomic E-state index is 12.9. The van der Waals surface area contributed by atoms with Crippen molar-refractivity contribution in [3.8, 4) is 5.75 Å². The second-order valence-electron chi connectivity index (χ2n) is 5.21. The van der Waals surface area contributed by atoms with Gasteiger partial charge < -0.3 is 14.7 Å². The molecule has 0 spiro atoms. The van der Waals surface area contributed by atoms with Crippen LogP contribution in [0.1, 0.15) is 15.4 Å². The van der Waals surface area contributed by atoms with Crippen LogP contribution >= 0.6 is 11.3 Å². The molecule has 0 aliphatic heterocycles. The number of hydrogen-bond donors (Lipinski definition) is 1. The van der Waals surface area contributed by atoms with Crippen LogP contribution in [0.5, 0.6) is 5.75 Å². The van der Waals surface area contributed by atoms with Gasteiger partial charge in [0.1, 0.15) is 10.6 Å². The van der Waals surface area contributed by atoms with Crippen molar-refractivity contribution in [2.45, 2.75) is 6.54 Å². The Morgan fingerprint density at radius 1 is 1.44 bits per heavy atom. The lowest BCUT2D eigenvalue weighted by atomic mass is 10.2. The molecule has 3 rings (SSSR count). The number of carbonyl (C=O) groups excluding carboxylic acids is 1. The highest BCUT2D eigenvalue weighted by Crippen LogP contribution is 2.14. The Hall–Kier alpha value is -2.78. The van der Waals surface area contributed by atoms with E-state index >= 15 is 0 Å². The Labute approximate surface area is 147 Å². The van der Waals surface area contributed by atoms with Crippen molar-refractivity contribution in [2.24, 2.45) is 0 Å². The molecule has 0 atom stereocenters. The predicted octanol–water partition coefficient (Wildman–Crippen LogP) is 1.15. The smallest absolute Gasteiger partial charge is 0.270 e. The number of aromatic hydroxyl groups is 1. The summed E-state index contributed by atoms with van der Waals surface area (Å²) in [6, 6.07) is 2.94. The van der Waals surface area contributed by atoms with Crippen LogP contribution in [0.2, 0.25) is 0 Å². The van der Waals surface area contributed by atoms with E-state index in [4.69, 9.17) is 4.74 Å². The molecule has 0 aliphatic carbocycles. The molecule has 0 fully saturated rings. The van der Waals surface area contributed by atoms with Gasteiger partial charge in [-0.05, 0) is 12.1 Å². The van der Waals surface area contributed by atoms with Crippen LogP contribution in [0.4, 0.5) is 0 Å². The first-order chi connectivity index (χ1) is 12.1. The summed E-state index contributed by atoms with van der Waals surface area (Å²) in [5.41, 5.74) is -0.504. The van der Waals surface area contributed by atoms with Gasteiger partial charge in [0.15, 0.2) is 11.4 Å². The van der Waals surface area contributed by atoms with Crippen LogP contribution in [0.3, 0.4) is 0 Å². The molecule has 130 valence electrons. The van der Waals surface area contributed by atoms with Crippen molar-refractivity contribution < 1.29 is 14.6 Å². The summed E-state index contributed by atoms with van der Waals surface area (Å²) >= 11 is 1.43.